The predicted molar refractivity (Wildman–Crippen MR) is 63.3 cm³/mol. The van der Waals surface area contributed by atoms with E-state index in [1.807, 2.05) is 17.7 Å². The van der Waals surface area contributed by atoms with Crippen molar-refractivity contribution in [3.63, 3.8) is 0 Å². The Labute approximate surface area is 98.8 Å². The second-order valence-electron chi connectivity index (χ2n) is 3.03. The van der Waals surface area contributed by atoms with E-state index in [1.54, 1.807) is 0 Å². The van der Waals surface area contributed by atoms with Gasteiger partial charge in [0, 0.05) is 11.0 Å². The van der Waals surface area contributed by atoms with Crippen molar-refractivity contribution in [2.45, 2.75) is 20.4 Å². The van der Waals surface area contributed by atoms with Gasteiger partial charge in [-0.3, -0.25) is 4.68 Å². The van der Waals surface area contributed by atoms with Crippen LogP contribution < -0.4 is 0 Å². The van der Waals surface area contributed by atoms with Gasteiger partial charge in [0.25, 0.3) is 0 Å². The van der Waals surface area contributed by atoms with Crippen LogP contribution in [0, 0.1) is 6.92 Å². The molecule has 0 aliphatic rings. The third kappa shape index (κ3) is 1.48. The van der Waals surface area contributed by atoms with E-state index in [-0.39, 0.29) is 0 Å². The van der Waals surface area contributed by atoms with Crippen LogP contribution in [0.5, 0.6) is 0 Å². The molecule has 2 aromatic rings. The summed E-state index contributed by atoms with van der Waals surface area (Å²) >= 11 is 6.89. The minimum Gasteiger partial charge on any atom is -0.262 e. The van der Waals surface area contributed by atoms with Crippen molar-refractivity contribution in [3.05, 3.63) is 20.8 Å². The summed E-state index contributed by atoms with van der Waals surface area (Å²) in [5.41, 5.74) is 2.98. The third-order valence-corrected chi connectivity index (χ3v) is 3.10. The van der Waals surface area contributed by atoms with E-state index < -0.39 is 0 Å². The van der Waals surface area contributed by atoms with Gasteiger partial charge in [-0.05, 0) is 51.8 Å². The Bertz CT molecular complexity index is 490. The maximum Gasteiger partial charge on any atom is 0.114 e. The molecule has 0 aromatic carbocycles. The monoisotopic (exact) mass is 317 g/mol. The first-order chi connectivity index (χ1) is 6.63. The predicted octanol–water partition coefficient (Wildman–Crippen LogP) is 3.28. The molecular weight excluding hydrogens is 310 g/mol. The van der Waals surface area contributed by atoms with Gasteiger partial charge in [0.1, 0.15) is 15.6 Å². The molecule has 2 aromatic heterocycles. The van der Waals surface area contributed by atoms with Gasteiger partial charge < -0.3 is 0 Å². The molecule has 0 spiro atoms. The highest BCUT2D eigenvalue weighted by molar-refractivity contribution is 9.11. The average molecular weight is 319 g/mol. The Hall–Kier alpha value is -0.420. The summed E-state index contributed by atoms with van der Waals surface area (Å²) in [5.74, 6) is 0. The lowest BCUT2D eigenvalue weighted by atomic mass is 10.3. The molecule has 0 bridgehead atoms. The number of hydrogen-bond acceptors (Lipinski definition) is 2. The molecule has 0 atom stereocenters. The second-order valence-corrected chi connectivity index (χ2v) is 4.69. The number of aryl methyl sites for hydroxylation is 2. The number of aromatic nitrogens is 3. The van der Waals surface area contributed by atoms with Gasteiger partial charge in [0.15, 0.2) is 0 Å². The fraction of sp³-hybridized carbons (Fsp3) is 0.333. The topological polar surface area (TPSA) is 30.7 Å². The van der Waals surface area contributed by atoms with Crippen LogP contribution in [0.25, 0.3) is 11.0 Å². The van der Waals surface area contributed by atoms with Crippen LogP contribution in [0.15, 0.2) is 15.1 Å². The molecule has 0 N–H and O–H groups in total. The van der Waals surface area contributed by atoms with Gasteiger partial charge in [0.05, 0.1) is 5.69 Å². The minimum atomic E-state index is 0.829. The molecule has 0 saturated carbocycles. The quantitative estimate of drug-likeness (QED) is 0.755. The van der Waals surface area contributed by atoms with Crippen LogP contribution in [-0.4, -0.2) is 14.8 Å². The van der Waals surface area contributed by atoms with Gasteiger partial charge in [-0.2, -0.15) is 5.10 Å². The van der Waals surface area contributed by atoms with Crippen LogP contribution in [0.4, 0.5) is 0 Å². The van der Waals surface area contributed by atoms with Crippen LogP contribution in [0.2, 0.25) is 0 Å². The number of hydrogen-bond donors (Lipinski definition) is 0. The lowest BCUT2D eigenvalue weighted by Gasteiger charge is -2.00. The van der Waals surface area contributed by atoms with E-state index in [4.69, 9.17) is 0 Å². The van der Waals surface area contributed by atoms with Crippen LogP contribution in [0.1, 0.15) is 12.6 Å². The number of rotatable bonds is 1. The van der Waals surface area contributed by atoms with E-state index in [2.05, 4.69) is 48.9 Å². The van der Waals surface area contributed by atoms with Crippen LogP contribution >= 0.6 is 31.9 Å². The van der Waals surface area contributed by atoms with Crippen molar-refractivity contribution in [2.75, 3.05) is 0 Å². The smallest absolute Gasteiger partial charge is 0.114 e. The Kier molecular flexibility index (Phi) is 2.62. The van der Waals surface area contributed by atoms with Gasteiger partial charge >= 0.3 is 0 Å². The molecule has 14 heavy (non-hydrogen) atoms. The summed E-state index contributed by atoms with van der Waals surface area (Å²) in [6.07, 6.45) is 0. The molecular formula is C9H9Br2N3. The molecule has 0 saturated heterocycles. The molecule has 2 heterocycles. The second kappa shape index (κ2) is 3.62. The SMILES string of the molecule is CCn1nc(C)c2nc(Br)cc(Br)c21. The van der Waals surface area contributed by atoms with Crippen molar-refractivity contribution < 1.29 is 0 Å². The Morgan fingerprint density at radius 1 is 1.43 bits per heavy atom. The third-order valence-electron chi connectivity index (χ3n) is 2.09. The zero-order chi connectivity index (χ0) is 10.3. The highest BCUT2D eigenvalue weighted by Crippen LogP contribution is 2.27. The molecule has 0 aliphatic carbocycles. The largest absolute Gasteiger partial charge is 0.262 e. The fourth-order valence-corrected chi connectivity index (χ4v) is 2.81. The molecule has 0 amide bonds. The first-order valence-corrected chi connectivity index (χ1v) is 5.91. The molecule has 74 valence electrons. The highest BCUT2D eigenvalue weighted by Gasteiger charge is 2.11. The fourth-order valence-electron chi connectivity index (χ4n) is 1.48. The van der Waals surface area contributed by atoms with Gasteiger partial charge in [0.2, 0.25) is 0 Å². The summed E-state index contributed by atoms with van der Waals surface area (Å²) in [6, 6.07) is 1.94. The Balaban J connectivity index is 2.89. The number of fused-ring (bicyclic) bond motifs is 1. The summed E-state index contributed by atoms with van der Waals surface area (Å²) in [4.78, 5) is 4.41. The molecule has 0 unspecified atom stereocenters. The van der Waals surface area contributed by atoms with E-state index in [0.29, 0.717) is 0 Å². The molecule has 5 heteroatoms. The van der Waals surface area contributed by atoms with Crippen molar-refractivity contribution >= 4 is 42.9 Å². The number of pyridine rings is 1. The van der Waals surface area contributed by atoms with Gasteiger partial charge in [-0.25, -0.2) is 4.98 Å². The van der Waals surface area contributed by atoms with Crippen molar-refractivity contribution in [1.29, 1.82) is 0 Å². The number of halogens is 2. The van der Waals surface area contributed by atoms with E-state index in [9.17, 15) is 0 Å². The van der Waals surface area contributed by atoms with Crippen molar-refractivity contribution in [2.24, 2.45) is 0 Å². The summed E-state index contributed by atoms with van der Waals surface area (Å²) < 4.78 is 3.81. The lowest BCUT2D eigenvalue weighted by molar-refractivity contribution is 0.675. The zero-order valence-corrected chi connectivity index (χ0v) is 11.1. The standard InChI is InChI=1S/C9H9Br2N3/c1-3-14-9-6(10)4-7(11)12-8(9)5(2)13-14/h4H,3H2,1-2H3. The van der Waals surface area contributed by atoms with E-state index in [0.717, 1.165) is 32.3 Å². The van der Waals surface area contributed by atoms with Gasteiger partial charge in [-0.15, -0.1) is 0 Å². The first kappa shape index (κ1) is 10.1. The van der Waals surface area contributed by atoms with Gasteiger partial charge in [-0.1, -0.05) is 0 Å². The molecule has 0 fully saturated rings. The Morgan fingerprint density at radius 3 is 2.79 bits per heavy atom. The summed E-state index contributed by atoms with van der Waals surface area (Å²) in [5, 5.41) is 4.41. The molecule has 3 nitrogen and oxygen atoms in total. The number of nitrogens with zero attached hydrogens (tertiary/aromatic N) is 3. The van der Waals surface area contributed by atoms with Crippen molar-refractivity contribution in [1.82, 2.24) is 14.8 Å². The summed E-state index contributed by atoms with van der Waals surface area (Å²) in [6.45, 7) is 4.90. The highest BCUT2D eigenvalue weighted by atomic mass is 79.9. The van der Waals surface area contributed by atoms with Crippen LogP contribution in [-0.2, 0) is 6.54 Å². The summed E-state index contributed by atoms with van der Waals surface area (Å²) in [7, 11) is 0. The van der Waals surface area contributed by atoms with E-state index >= 15 is 0 Å². The lowest BCUT2D eigenvalue weighted by Crippen LogP contribution is -1.96. The maximum absolute atomic E-state index is 4.41. The molecule has 0 radical (unpaired) electrons. The average Bonchev–Trinajstić information content (AvgIpc) is 2.43. The normalized spacial score (nSPS) is 11.1. The maximum atomic E-state index is 4.41. The van der Waals surface area contributed by atoms with Crippen LogP contribution in [0.3, 0.4) is 0 Å². The van der Waals surface area contributed by atoms with E-state index in [1.165, 1.54) is 0 Å². The molecule has 0 aliphatic heterocycles. The zero-order valence-electron chi connectivity index (χ0n) is 7.88. The minimum absolute atomic E-state index is 0.829. The van der Waals surface area contributed by atoms with Crippen molar-refractivity contribution in [3.8, 4) is 0 Å². The first-order valence-electron chi connectivity index (χ1n) is 4.32. The molecule has 2 rings (SSSR count). The Morgan fingerprint density at radius 2 is 2.14 bits per heavy atom.